The van der Waals surface area contributed by atoms with Gasteiger partial charge < -0.3 is 4.90 Å². The van der Waals surface area contributed by atoms with Crippen LogP contribution in [-0.4, -0.2) is 23.6 Å². The number of halogens is 1. The highest BCUT2D eigenvalue weighted by molar-refractivity contribution is 9.10. The van der Waals surface area contributed by atoms with Crippen molar-refractivity contribution in [2.45, 2.75) is 26.2 Å². The lowest BCUT2D eigenvalue weighted by atomic mass is 10.3. The molecule has 2 rings (SSSR count). The fourth-order valence-corrected chi connectivity index (χ4v) is 2.00. The summed E-state index contributed by atoms with van der Waals surface area (Å²) >= 11 is 3.43. The second-order valence-electron chi connectivity index (χ2n) is 4.14. The number of anilines is 1. The van der Waals surface area contributed by atoms with E-state index in [0.717, 1.165) is 35.1 Å². The average Bonchev–Trinajstić information content (AvgIpc) is 3.00. The van der Waals surface area contributed by atoms with Gasteiger partial charge in [-0.25, -0.2) is 9.97 Å². The molecule has 1 heterocycles. The molecule has 4 heteroatoms. The van der Waals surface area contributed by atoms with Gasteiger partial charge in [-0.2, -0.15) is 0 Å². The maximum atomic E-state index is 4.52. The Bertz CT molecular complexity index is 350. The van der Waals surface area contributed by atoms with Crippen LogP contribution in [0.1, 0.15) is 25.6 Å². The lowest BCUT2D eigenvalue weighted by molar-refractivity contribution is 0.767. The van der Waals surface area contributed by atoms with Gasteiger partial charge in [0.05, 0.1) is 0 Å². The standard InChI is InChI=1S/C11H16BrN3/c1-3-10-13-9(12)6-11(14-10)15(2)7-8-4-5-8/h6,8H,3-5,7H2,1-2H3. The van der Waals surface area contributed by atoms with E-state index >= 15 is 0 Å². The number of hydrogen-bond acceptors (Lipinski definition) is 3. The topological polar surface area (TPSA) is 29.0 Å². The Morgan fingerprint density at radius 1 is 1.47 bits per heavy atom. The average molecular weight is 270 g/mol. The maximum Gasteiger partial charge on any atom is 0.133 e. The van der Waals surface area contributed by atoms with Gasteiger partial charge in [-0.15, -0.1) is 0 Å². The SMILES string of the molecule is CCc1nc(Br)cc(N(C)CC2CC2)n1. The summed E-state index contributed by atoms with van der Waals surface area (Å²) in [5, 5.41) is 0. The third-order valence-electron chi connectivity index (χ3n) is 2.66. The smallest absolute Gasteiger partial charge is 0.133 e. The first-order valence-corrected chi connectivity index (χ1v) is 6.23. The fraction of sp³-hybridized carbons (Fsp3) is 0.636. The summed E-state index contributed by atoms with van der Waals surface area (Å²) in [6, 6.07) is 1.99. The fourth-order valence-electron chi connectivity index (χ4n) is 1.59. The number of rotatable bonds is 4. The molecule has 0 aliphatic heterocycles. The predicted molar refractivity (Wildman–Crippen MR) is 65.1 cm³/mol. The van der Waals surface area contributed by atoms with Crippen molar-refractivity contribution in [3.8, 4) is 0 Å². The first kappa shape index (κ1) is 10.9. The number of hydrogen-bond donors (Lipinski definition) is 0. The van der Waals surface area contributed by atoms with Crippen molar-refractivity contribution in [1.29, 1.82) is 0 Å². The molecular weight excluding hydrogens is 254 g/mol. The zero-order valence-corrected chi connectivity index (χ0v) is 10.8. The molecule has 0 aromatic carbocycles. The van der Waals surface area contributed by atoms with Gasteiger partial charge in [-0.1, -0.05) is 6.92 Å². The van der Waals surface area contributed by atoms with E-state index in [9.17, 15) is 0 Å². The Balaban J connectivity index is 2.13. The molecule has 15 heavy (non-hydrogen) atoms. The van der Waals surface area contributed by atoms with E-state index in [-0.39, 0.29) is 0 Å². The van der Waals surface area contributed by atoms with Crippen molar-refractivity contribution in [1.82, 2.24) is 9.97 Å². The van der Waals surface area contributed by atoms with Gasteiger partial charge in [-0.05, 0) is 34.7 Å². The first-order valence-electron chi connectivity index (χ1n) is 5.43. The predicted octanol–water partition coefficient (Wildman–Crippen LogP) is 2.65. The van der Waals surface area contributed by atoms with Crippen LogP contribution in [0.25, 0.3) is 0 Å². The van der Waals surface area contributed by atoms with E-state index in [4.69, 9.17) is 0 Å². The monoisotopic (exact) mass is 269 g/mol. The van der Waals surface area contributed by atoms with Crippen LogP contribution in [0.15, 0.2) is 10.7 Å². The lowest BCUT2D eigenvalue weighted by Crippen LogP contribution is -2.21. The van der Waals surface area contributed by atoms with Gasteiger partial charge >= 0.3 is 0 Å². The molecule has 0 amide bonds. The third kappa shape index (κ3) is 2.91. The molecule has 1 aromatic rings. The lowest BCUT2D eigenvalue weighted by Gasteiger charge is -2.18. The molecule has 1 fully saturated rings. The van der Waals surface area contributed by atoms with E-state index in [0.29, 0.717) is 0 Å². The minimum atomic E-state index is 0.879. The Kier molecular flexibility index (Phi) is 3.24. The van der Waals surface area contributed by atoms with Crippen LogP contribution >= 0.6 is 15.9 Å². The van der Waals surface area contributed by atoms with Gasteiger partial charge in [0.1, 0.15) is 16.2 Å². The highest BCUT2D eigenvalue weighted by Gasteiger charge is 2.23. The first-order chi connectivity index (χ1) is 7.19. The summed E-state index contributed by atoms with van der Waals surface area (Å²) < 4.78 is 0.881. The summed E-state index contributed by atoms with van der Waals surface area (Å²) in [5.41, 5.74) is 0. The Labute approximate surface area is 99.0 Å². The van der Waals surface area contributed by atoms with E-state index in [2.05, 4.69) is 44.8 Å². The van der Waals surface area contributed by atoms with Crippen LogP contribution in [0.4, 0.5) is 5.82 Å². The molecule has 1 aliphatic carbocycles. The van der Waals surface area contributed by atoms with Crippen molar-refractivity contribution in [2.75, 3.05) is 18.5 Å². The summed E-state index contributed by atoms with van der Waals surface area (Å²) in [7, 11) is 2.10. The minimum absolute atomic E-state index is 0.879. The highest BCUT2D eigenvalue weighted by Crippen LogP contribution is 2.30. The quantitative estimate of drug-likeness (QED) is 0.787. The van der Waals surface area contributed by atoms with Crippen LogP contribution in [0.3, 0.4) is 0 Å². The molecule has 1 saturated carbocycles. The molecule has 3 nitrogen and oxygen atoms in total. The Morgan fingerprint density at radius 2 is 2.20 bits per heavy atom. The number of nitrogens with zero attached hydrogens (tertiary/aromatic N) is 3. The van der Waals surface area contributed by atoms with Gasteiger partial charge in [0.15, 0.2) is 0 Å². The van der Waals surface area contributed by atoms with Crippen molar-refractivity contribution in [3.05, 3.63) is 16.5 Å². The van der Waals surface area contributed by atoms with E-state index in [1.165, 1.54) is 12.8 Å². The van der Waals surface area contributed by atoms with Crippen LogP contribution in [0.5, 0.6) is 0 Å². The van der Waals surface area contributed by atoms with Crippen LogP contribution in [0, 0.1) is 5.92 Å². The second kappa shape index (κ2) is 4.47. The summed E-state index contributed by atoms with van der Waals surface area (Å²) in [5.74, 6) is 2.82. The highest BCUT2D eigenvalue weighted by atomic mass is 79.9. The van der Waals surface area contributed by atoms with Crippen molar-refractivity contribution in [2.24, 2.45) is 5.92 Å². The summed E-state index contributed by atoms with van der Waals surface area (Å²) in [6.07, 6.45) is 3.62. The molecular formula is C11H16BrN3. The molecule has 1 aliphatic rings. The summed E-state index contributed by atoms with van der Waals surface area (Å²) in [4.78, 5) is 11.1. The largest absolute Gasteiger partial charge is 0.359 e. The van der Waals surface area contributed by atoms with Gasteiger partial charge in [0.2, 0.25) is 0 Å². The van der Waals surface area contributed by atoms with E-state index in [1.54, 1.807) is 0 Å². The van der Waals surface area contributed by atoms with Crippen LogP contribution in [0.2, 0.25) is 0 Å². The van der Waals surface area contributed by atoms with Crippen LogP contribution < -0.4 is 4.90 Å². The number of aryl methyl sites for hydroxylation is 1. The molecule has 0 spiro atoms. The normalized spacial score (nSPS) is 15.4. The zero-order chi connectivity index (χ0) is 10.8. The van der Waals surface area contributed by atoms with E-state index in [1.807, 2.05) is 6.07 Å². The molecule has 0 radical (unpaired) electrons. The van der Waals surface area contributed by atoms with Gasteiger partial charge in [-0.3, -0.25) is 0 Å². The van der Waals surface area contributed by atoms with Crippen molar-refractivity contribution in [3.63, 3.8) is 0 Å². The molecule has 0 saturated heterocycles. The molecule has 82 valence electrons. The molecule has 0 atom stereocenters. The Morgan fingerprint density at radius 3 is 2.80 bits per heavy atom. The van der Waals surface area contributed by atoms with Crippen LogP contribution in [-0.2, 0) is 6.42 Å². The van der Waals surface area contributed by atoms with Gasteiger partial charge in [0.25, 0.3) is 0 Å². The molecule has 0 unspecified atom stereocenters. The van der Waals surface area contributed by atoms with Gasteiger partial charge in [0, 0.05) is 26.1 Å². The maximum absolute atomic E-state index is 4.52. The summed E-state index contributed by atoms with van der Waals surface area (Å²) in [6.45, 7) is 3.19. The molecule has 0 bridgehead atoms. The minimum Gasteiger partial charge on any atom is -0.359 e. The third-order valence-corrected chi connectivity index (χ3v) is 3.07. The van der Waals surface area contributed by atoms with Crippen molar-refractivity contribution < 1.29 is 0 Å². The number of aromatic nitrogens is 2. The second-order valence-corrected chi connectivity index (χ2v) is 4.96. The molecule has 1 aromatic heterocycles. The molecule has 0 N–H and O–H groups in total. The van der Waals surface area contributed by atoms with Crippen molar-refractivity contribution >= 4 is 21.7 Å². The Hall–Kier alpha value is -0.640. The van der Waals surface area contributed by atoms with E-state index < -0.39 is 0 Å². The zero-order valence-electron chi connectivity index (χ0n) is 9.20.